The van der Waals surface area contributed by atoms with E-state index in [1.165, 1.54) is 71.6 Å². The van der Waals surface area contributed by atoms with Crippen LogP contribution in [0.3, 0.4) is 0 Å². The van der Waals surface area contributed by atoms with Crippen LogP contribution in [-0.2, 0) is 0 Å². The number of hydrogen-bond donors (Lipinski definition) is 0. The number of rotatable bonds is 4. The molecule has 1 unspecified atom stereocenters. The lowest BCUT2D eigenvalue weighted by Crippen LogP contribution is -2.05. The van der Waals surface area contributed by atoms with Gasteiger partial charge in [0.15, 0.2) is 0 Å². The fourth-order valence-corrected chi connectivity index (χ4v) is 8.73. The zero-order valence-electron chi connectivity index (χ0n) is 27.8. The molecule has 240 valence electrons. The maximum absolute atomic E-state index is 6.65. The predicted molar refractivity (Wildman–Crippen MR) is 211 cm³/mol. The maximum Gasteiger partial charge on any atom is 0.133 e. The molecule has 0 radical (unpaired) electrons. The van der Waals surface area contributed by atoms with Crippen LogP contribution in [0, 0.1) is 0 Å². The van der Waals surface area contributed by atoms with Gasteiger partial charge in [-0.3, -0.25) is 0 Å². The largest absolute Gasteiger partial charge is 0.461 e. The highest BCUT2D eigenvalue weighted by Gasteiger charge is 2.34. The van der Waals surface area contributed by atoms with E-state index in [1.807, 2.05) is 0 Å². The molecule has 2 aliphatic rings. The molecule has 0 fully saturated rings. The maximum atomic E-state index is 6.65. The highest BCUT2D eigenvalue weighted by molar-refractivity contribution is 6.22. The molecule has 1 atom stereocenters. The summed E-state index contributed by atoms with van der Waals surface area (Å²) >= 11 is 0. The topological polar surface area (TPSA) is 19.1 Å². The van der Waals surface area contributed by atoms with Crippen LogP contribution in [0.1, 0.15) is 17.9 Å². The monoisotopic (exact) mass is 652 g/mol. The lowest BCUT2D eigenvalue weighted by atomic mass is 9.89. The molecule has 7 aromatic carbocycles. The van der Waals surface area contributed by atoms with Crippen molar-refractivity contribution in [1.29, 1.82) is 0 Å². The lowest BCUT2D eigenvalue weighted by molar-refractivity contribution is 0.425. The van der Waals surface area contributed by atoms with Crippen LogP contribution in [-0.4, -0.2) is 9.13 Å². The van der Waals surface area contributed by atoms with Crippen molar-refractivity contribution < 1.29 is 4.74 Å². The summed E-state index contributed by atoms with van der Waals surface area (Å²) in [5.74, 6) is 2.16. The summed E-state index contributed by atoms with van der Waals surface area (Å²) in [6.45, 7) is 0. The minimum Gasteiger partial charge on any atom is -0.461 e. The molecule has 0 spiro atoms. The first-order chi connectivity index (χ1) is 25.3. The van der Waals surface area contributed by atoms with Gasteiger partial charge in [0.1, 0.15) is 11.5 Å². The van der Waals surface area contributed by atoms with Crippen LogP contribution in [0.5, 0.6) is 5.75 Å². The van der Waals surface area contributed by atoms with Crippen molar-refractivity contribution in [2.45, 2.75) is 12.3 Å². The third-order valence-electron chi connectivity index (χ3n) is 10.9. The first-order valence-electron chi connectivity index (χ1n) is 17.7. The van der Waals surface area contributed by atoms with Crippen molar-refractivity contribution in [3.8, 4) is 39.4 Å². The van der Waals surface area contributed by atoms with E-state index < -0.39 is 0 Å². The first-order valence-corrected chi connectivity index (χ1v) is 17.7. The Morgan fingerprint density at radius 3 is 1.80 bits per heavy atom. The fraction of sp³-hybridized carbons (Fsp3) is 0.0417. The van der Waals surface area contributed by atoms with E-state index in [4.69, 9.17) is 4.74 Å². The molecular formula is C48H32N2O. The van der Waals surface area contributed by atoms with Crippen molar-refractivity contribution >= 4 is 43.6 Å². The number of aromatic nitrogens is 2. The highest BCUT2D eigenvalue weighted by atomic mass is 16.5. The van der Waals surface area contributed by atoms with Gasteiger partial charge >= 0.3 is 0 Å². The number of para-hydroxylation sites is 3. The Morgan fingerprint density at radius 1 is 0.510 bits per heavy atom. The molecule has 9 aromatic rings. The number of benzene rings is 7. The van der Waals surface area contributed by atoms with E-state index >= 15 is 0 Å². The second kappa shape index (κ2) is 11.0. The molecule has 51 heavy (non-hydrogen) atoms. The Balaban J connectivity index is 1.23. The van der Waals surface area contributed by atoms with Gasteiger partial charge in [0.2, 0.25) is 0 Å². The molecule has 11 rings (SSSR count). The van der Waals surface area contributed by atoms with Crippen LogP contribution in [0.2, 0.25) is 0 Å². The van der Waals surface area contributed by atoms with E-state index in [1.54, 1.807) is 0 Å². The van der Waals surface area contributed by atoms with Gasteiger partial charge in [-0.15, -0.1) is 0 Å². The molecule has 0 saturated heterocycles. The third-order valence-corrected chi connectivity index (χ3v) is 10.9. The van der Waals surface area contributed by atoms with E-state index in [0.29, 0.717) is 0 Å². The second-order valence-corrected chi connectivity index (χ2v) is 13.6. The molecule has 0 bridgehead atoms. The zero-order chi connectivity index (χ0) is 33.5. The molecule has 1 aliphatic carbocycles. The van der Waals surface area contributed by atoms with Gasteiger partial charge < -0.3 is 13.9 Å². The van der Waals surface area contributed by atoms with Gasteiger partial charge in [0.05, 0.1) is 33.7 Å². The van der Waals surface area contributed by atoms with Crippen LogP contribution < -0.4 is 4.74 Å². The van der Waals surface area contributed by atoms with Crippen molar-refractivity contribution in [2.24, 2.45) is 0 Å². The number of fused-ring (bicyclic) bond motifs is 9. The minimum atomic E-state index is 0.182. The van der Waals surface area contributed by atoms with E-state index in [-0.39, 0.29) is 5.92 Å². The summed E-state index contributed by atoms with van der Waals surface area (Å²) in [5.41, 5.74) is 13.2. The predicted octanol–water partition coefficient (Wildman–Crippen LogP) is 12.5. The van der Waals surface area contributed by atoms with E-state index in [2.05, 4.69) is 185 Å². The van der Waals surface area contributed by atoms with Crippen LogP contribution in [0.4, 0.5) is 0 Å². The lowest BCUT2D eigenvalue weighted by Gasteiger charge is -2.18. The van der Waals surface area contributed by atoms with Gasteiger partial charge in [-0.25, -0.2) is 0 Å². The molecule has 1 aliphatic heterocycles. The second-order valence-electron chi connectivity index (χ2n) is 13.6. The van der Waals surface area contributed by atoms with Crippen LogP contribution in [0.15, 0.2) is 182 Å². The Morgan fingerprint density at radius 2 is 1.10 bits per heavy atom. The summed E-state index contributed by atoms with van der Waals surface area (Å²) in [6, 6.07) is 57.3. The summed E-state index contributed by atoms with van der Waals surface area (Å²) in [4.78, 5) is 0. The number of nitrogens with zero attached hydrogens (tertiary/aromatic N) is 2. The van der Waals surface area contributed by atoms with Crippen molar-refractivity contribution in [2.75, 3.05) is 0 Å². The molecule has 3 nitrogen and oxygen atoms in total. The van der Waals surface area contributed by atoms with Crippen LogP contribution >= 0.6 is 0 Å². The number of hydrogen-bond acceptors (Lipinski definition) is 1. The van der Waals surface area contributed by atoms with E-state index in [9.17, 15) is 0 Å². The van der Waals surface area contributed by atoms with Crippen molar-refractivity contribution in [3.63, 3.8) is 0 Å². The molecule has 3 heteroatoms. The van der Waals surface area contributed by atoms with Gasteiger partial charge in [-0.05, 0) is 83.3 Å². The Hall–Kier alpha value is -6.58. The summed E-state index contributed by atoms with van der Waals surface area (Å²) in [7, 11) is 0. The molecule has 3 heterocycles. The number of allylic oxidation sites excluding steroid dienone is 4. The summed E-state index contributed by atoms with van der Waals surface area (Å²) in [6.07, 6.45) is 7.44. The van der Waals surface area contributed by atoms with Crippen LogP contribution in [0.25, 0.3) is 77.2 Å². The zero-order valence-corrected chi connectivity index (χ0v) is 27.8. The Labute approximate surface area is 295 Å². The smallest absolute Gasteiger partial charge is 0.133 e. The fourth-order valence-electron chi connectivity index (χ4n) is 8.73. The molecule has 0 amide bonds. The molecule has 0 saturated carbocycles. The van der Waals surface area contributed by atoms with Gasteiger partial charge in [-0.2, -0.15) is 0 Å². The quantitative estimate of drug-likeness (QED) is 0.185. The average Bonchev–Trinajstić information content (AvgIpc) is 3.86. The molecular weight excluding hydrogens is 621 g/mol. The molecule has 0 N–H and O–H groups in total. The van der Waals surface area contributed by atoms with Crippen molar-refractivity contribution in [3.05, 3.63) is 187 Å². The first kappa shape index (κ1) is 28.3. The van der Waals surface area contributed by atoms with Gasteiger partial charge in [0.25, 0.3) is 0 Å². The van der Waals surface area contributed by atoms with Gasteiger partial charge in [0, 0.05) is 32.8 Å². The average molecular weight is 653 g/mol. The summed E-state index contributed by atoms with van der Waals surface area (Å²) in [5, 5.41) is 5.02. The Bertz CT molecular complexity index is 2910. The summed E-state index contributed by atoms with van der Waals surface area (Å²) < 4.78 is 11.6. The van der Waals surface area contributed by atoms with E-state index in [0.717, 1.165) is 29.2 Å². The standard InChI is InChI=1S/C48H32N2O/c1-3-15-31(16-4-1)32-29-43(48-38-21-9-12-28-44(38)51-45(48)30-32)50-40-25-11-8-20-37(40)47-35(23-14-27-42(47)50)34-22-13-26-41-46(34)36-19-7-10-24-39(36)49(41)33-17-5-2-6-18-33/h1-20,22-30,38H,21H2. The SMILES string of the molecule is C1=CCC2C(=C1)Oc1cc(-c3ccccc3)cc(-n3c4ccccc4c4c(-c5cccc6c5c5ccccc5n6-c5ccccc5)cccc43)c12. The Kier molecular flexibility index (Phi) is 6.08. The third kappa shape index (κ3) is 4.12. The highest BCUT2D eigenvalue weighted by Crippen LogP contribution is 2.51. The minimum absolute atomic E-state index is 0.182. The molecule has 2 aromatic heterocycles. The van der Waals surface area contributed by atoms with Gasteiger partial charge in [-0.1, -0.05) is 121 Å². The van der Waals surface area contributed by atoms with Crippen molar-refractivity contribution in [1.82, 2.24) is 9.13 Å². The normalized spacial score (nSPS) is 15.0. The number of ether oxygens (including phenoxy) is 1.